The molecule has 1 amide bonds. The number of halogens is 1. The van der Waals surface area contributed by atoms with Crippen LogP contribution < -0.4 is 5.32 Å². The Morgan fingerprint density at radius 3 is 2.80 bits per heavy atom. The van der Waals surface area contributed by atoms with Crippen LogP contribution in [0.25, 0.3) is 0 Å². The summed E-state index contributed by atoms with van der Waals surface area (Å²) in [5.41, 5.74) is 2.24. The Labute approximate surface area is 119 Å². The Morgan fingerprint density at radius 2 is 2.15 bits per heavy atom. The Kier molecular flexibility index (Phi) is 4.90. The van der Waals surface area contributed by atoms with E-state index < -0.39 is 0 Å². The van der Waals surface area contributed by atoms with Crippen molar-refractivity contribution < 1.29 is 9.18 Å². The molecule has 1 aliphatic heterocycles. The van der Waals surface area contributed by atoms with Crippen molar-refractivity contribution in [1.29, 1.82) is 0 Å². The van der Waals surface area contributed by atoms with Crippen LogP contribution in [0.3, 0.4) is 0 Å². The van der Waals surface area contributed by atoms with E-state index >= 15 is 0 Å². The summed E-state index contributed by atoms with van der Waals surface area (Å²) in [7, 11) is 0. The van der Waals surface area contributed by atoms with Crippen molar-refractivity contribution in [2.45, 2.75) is 32.9 Å². The van der Waals surface area contributed by atoms with Gasteiger partial charge in [0.25, 0.3) is 0 Å². The number of nitrogens with zero attached hydrogens (tertiary/aromatic N) is 1. The fraction of sp³-hybridized carbons (Fsp3) is 0.438. The van der Waals surface area contributed by atoms with Gasteiger partial charge in [0.1, 0.15) is 5.82 Å². The van der Waals surface area contributed by atoms with Crippen molar-refractivity contribution in [3.8, 4) is 0 Å². The predicted octanol–water partition coefficient (Wildman–Crippen LogP) is 2.48. The van der Waals surface area contributed by atoms with Crippen LogP contribution in [0.5, 0.6) is 0 Å². The predicted molar refractivity (Wildman–Crippen MR) is 77.7 cm³/mol. The highest BCUT2D eigenvalue weighted by molar-refractivity contribution is 5.79. The fourth-order valence-corrected chi connectivity index (χ4v) is 2.28. The first-order valence-corrected chi connectivity index (χ1v) is 6.96. The highest BCUT2D eigenvalue weighted by atomic mass is 19.1. The van der Waals surface area contributed by atoms with Crippen LogP contribution in [0.2, 0.25) is 0 Å². The molecule has 1 aliphatic rings. The smallest absolute Gasteiger partial charge is 0.224 e. The molecule has 1 aromatic rings. The molecule has 20 heavy (non-hydrogen) atoms. The van der Waals surface area contributed by atoms with E-state index in [0.717, 1.165) is 12.1 Å². The molecule has 0 radical (unpaired) electrons. The van der Waals surface area contributed by atoms with E-state index in [2.05, 4.69) is 18.3 Å². The SMILES string of the molecule is C/C=C(\C)CN[C@H]1CC(=O)N(Cc2ccc(F)cc2)C1. The average Bonchev–Trinajstić information content (AvgIpc) is 2.79. The third-order valence-electron chi connectivity index (χ3n) is 3.66. The normalized spacial score (nSPS) is 19.8. The monoisotopic (exact) mass is 276 g/mol. The number of benzene rings is 1. The van der Waals surface area contributed by atoms with Crippen molar-refractivity contribution >= 4 is 5.91 Å². The zero-order valence-corrected chi connectivity index (χ0v) is 12.0. The zero-order chi connectivity index (χ0) is 14.5. The lowest BCUT2D eigenvalue weighted by Crippen LogP contribution is -2.33. The number of allylic oxidation sites excluding steroid dienone is 1. The van der Waals surface area contributed by atoms with Crippen LogP contribution in [0, 0.1) is 5.82 Å². The van der Waals surface area contributed by atoms with E-state index in [1.54, 1.807) is 12.1 Å². The molecule has 4 heteroatoms. The van der Waals surface area contributed by atoms with Crippen molar-refractivity contribution in [2.75, 3.05) is 13.1 Å². The summed E-state index contributed by atoms with van der Waals surface area (Å²) in [6.45, 7) is 6.17. The van der Waals surface area contributed by atoms with Gasteiger partial charge in [-0.1, -0.05) is 23.8 Å². The quantitative estimate of drug-likeness (QED) is 0.838. The molecular weight excluding hydrogens is 255 g/mol. The van der Waals surface area contributed by atoms with E-state index in [1.807, 2.05) is 11.8 Å². The van der Waals surface area contributed by atoms with Crippen molar-refractivity contribution in [3.05, 3.63) is 47.3 Å². The number of carbonyl (C=O) groups is 1. The topological polar surface area (TPSA) is 32.3 Å². The minimum absolute atomic E-state index is 0.157. The minimum Gasteiger partial charge on any atom is -0.337 e. The van der Waals surface area contributed by atoms with Gasteiger partial charge in [-0.3, -0.25) is 4.79 Å². The summed E-state index contributed by atoms with van der Waals surface area (Å²) in [6, 6.07) is 6.53. The maximum absolute atomic E-state index is 12.9. The first kappa shape index (κ1) is 14.7. The Balaban J connectivity index is 1.87. The van der Waals surface area contributed by atoms with Crippen LogP contribution in [0.4, 0.5) is 4.39 Å². The number of likely N-dealkylation sites (tertiary alicyclic amines) is 1. The Morgan fingerprint density at radius 1 is 1.45 bits per heavy atom. The summed E-state index contributed by atoms with van der Waals surface area (Å²) >= 11 is 0. The summed E-state index contributed by atoms with van der Waals surface area (Å²) in [5, 5.41) is 3.40. The molecule has 0 spiro atoms. The number of carbonyl (C=O) groups excluding carboxylic acids is 1. The minimum atomic E-state index is -0.247. The van der Waals surface area contributed by atoms with Gasteiger partial charge < -0.3 is 10.2 Å². The van der Waals surface area contributed by atoms with E-state index in [-0.39, 0.29) is 17.8 Å². The van der Waals surface area contributed by atoms with Gasteiger partial charge in [0.05, 0.1) is 0 Å². The summed E-state index contributed by atoms with van der Waals surface area (Å²) in [4.78, 5) is 13.8. The number of amides is 1. The van der Waals surface area contributed by atoms with Crippen molar-refractivity contribution in [3.63, 3.8) is 0 Å². The van der Waals surface area contributed by atoms with Gasteiger partial charge in [0, 0.05) is 32.1 Å². The van der Waals surface area contributed by atoms with Crippen LogP contribution in [0.1, 0.15) is 25.8 Å². The standard InChI is InChI=1S/C16H21FN2O/c1-3-12(2)9-18-15-8-16(20)19(11-15)10-13-4-6-14(17)7-5-13/h3-7,15,18H,8-11H2,1-2H3/b12-3+/t15-/m0/s1. The van der Waals surface area contributed by atoms with Crippen molar-refractivity contribution in [1.82, 2.24) is 10.2 Å². The second kappa shape index (κ2) is 6.66. The van der Waals surface area contributed by atoms with Crippen LogP contribution in [0.15, 0.2) is 35.9 Å². The maximum Gasteiger partial charge on any atom is 0.224 e. The van der Waals surface area contributed by atoms with Crippen LogP contribution in [-0.2, 0) is 11.3 Å². The molecule has 0 saturated carbocycles. The molecule has 0 unspecified atom stereocenters. The molecule has 0 aliphatic carbocycles. The van der Waals surface area contributed by atoms with E-state index in [0.29, 0.717) is 19.5 Å². The number of hydrogen-bond donors (Lipinski definition) is 1. The molecular formula is C16H21FN2O. The van der Waals surface area contributed by atoms with Crippen LogP contribution >= 0.6 is 0 Å². The second-order valence-corrected chi connectivity index (χ2v) is 5.32. The molecule has 0 bridgehead atoms. The van der Waals surface area contributed by atoms with Gasteiger partial charge in [-0.15, -0.1) is 0 Å². The lowest BCUT2D eigenvalue weighted by molar-refractivity contribution is -0.128. The van der Waals surface area contributed by atoms with Gasteiger partial charge in [-0.25, -0.2) is 4.39 Å². The Hall–Kier alpha value is -1.68. The van der Waals surface area contributed by atoms with E-state index in [9.17, 15) is 9.18 Å². The molecule has 1 heterocycles. The molecule has 108 valence electrons. The fourth-order valence-electron chi connectivity index (χ4n) is 2.28. The second-order valence-electron chi connectivity index (χ2n) is 5.32. The molecule has 2 rings (SSSR count). The molecule has 3 nitrogen and oxygen atoms in total. The van der Waals surface area contributed by atoms with Gasteiger partial charge >= 0.3 is 0 Å². The van der Waals surface area contributed by atoms with Crippen LogP contribution in [-0.4, -0.2) is 29.9 Å². The summed E-state index contributed by atoms with van der Waals surface area (Å²) < 4.78 is 12.9. The lowest BCUT2D eigenvalue weighted by atomic mass is 10.2. The van der Waals surface area contributed by atoms with Gasteiger partial charge in [0.15, 0.2) is 0 Å². The van der Waals surface area contributed by atoms with Gasteiger partial charge in [-0.2, -0.15) is 0 Å². The molecule has 1 saturated heterocycles. The summed E-state index contributed by atoms with van der Waals surface area (Å²) in [5.74, 6) is -0.0900. The highest BCUT2D eigenvalue weighted by Crippen LogP contribution is 2.15. The van der Waals surface area contributed by atoms with E-state index in [4.69, 9.17) is 0 Å². The lowest BCUT2D eigenvalue weighted by Gasteiger charge is -2.17. The van der Waals surface area contributed by atoms with Crippen molar-refractivity contribution in [2.24, 2.45) is 0 Å². The molecule has 1 fully saturated rings. The van der Waals surface area contributed by atoms with E-state index in [1.165, 1.54) is 17.7 Å². The maximum atomic E-state index is 12.9. The first-order valence-electron chi connectivity index (χ1n) is 6.96. The Bertz CT molecular complexity index is 496. The van der Waals surface area contributed by atoms with Gasteiger partial charge in [0.2, 0.25) is 5.91 Å². The average molecular weight is 276 g/mol. The van der Waals surface area contributed by atoms with Gasteiger partial charge in [-0.05, 0) is 31.5 Å². The third kappa shape index (κ3) is 3.90. The summed E-state index contributed by atoms with van der Waals surface area (Å²) in [6.07, 6.45) is 2.61. The number of nitrogens with one attached hydrogen (secondary N) is 1. The molecule has 1 aromatic carbocycles. The third-order valence-corrected chi connectivity index (χ3v) is 3.66. The largest absolute Gasteiger partial charge is 0.337 e. The number of hydrogen-bond acceptors (Lipinski definition) is 2. The number of rotatable bonds is 5. The highest BCUT2D eigenvalue weighted by Gasteiger charge is 2.28. The zero-order valence-electron chi connectivity index (χ0n) is 12.0. The first-order chi connectivity index (χ1) is 9.58. The molecule has 1 N–H and O–H groups in total. The molecule has 0 aromatic heterocycles. The molecule has 1 atom stereocenters.